The highest BCUT2D eigenvalue weighted by Gasteiger charge is 2.29. The quantitative estimate of drug-likeness (QED) is 0.324. The first-order valence-electron chi connectivity index (χ1n) is 7.43. The largest absolute Gasteiger partial charge is 0.373 e. The van der Waals surface area contributed by atoms with Crippen LogP contribution >= 0.6 is 24.0 Å². The summed E-state index contributed by atoms with van der Waals surface area (Å²) >= 11 is 0. The molecule has 120 valence electrons. The topological polar surface area (TPSA) is 45.7 Å². The van der Waals surface area contributed by atoms with E-state index < -0.39 is 0 Å². The lowest BCUT2D eigenvalue weighted by Crippen LogP contribution is -2.45. The molecule has 1 atom stereocenters. The molecule has 1 unspecified atom stereocenters. The molecular weight excluding hydrogens is 365 g/mol. The fourth-order valence-electron chi connectivity index (χ4n) is 2.29. The molecule has 0 amide bonds. The standard InChI is InChI=1S/C15H31N3O.HI/c1-14(2,3)8-6-10-17-13(16-5)18-12-15(4)9-7-11-19-15;/h6-12H2,1-5H3,(H2,16,17,18);1H. The minimum Gasteiger partial charge on any atom is -0.373 e. The Morgan fingerprint density at radius 2 is 2.00 bits per heavy atom. The zero-order valence-corrected chi connectivity index (χ0v) is 16.0. The highest BCUT2D eigenvalue weighted by molar-refractivity contribution is 14.0. The Bertz CT molecular complexity index is 294. The van der Waals surface area contributed by atoms with Crippen molar-refractivity contribution in [2.24, 2.45) is 10.4 Å². The molecule has 0 bridgehead atoms. The predicted molar refractivity (Wildman–Crippen MR) is 97.1 cm³/mol. The summed E-state index contributed by atoms with van der Waals surface area (Å²) in [6.07, 6.45) is 4.67. The van der Waals surface area contributed by atoms with Gasteiger partial charge in [0.2, 0.25) is 0 Å². The van der Waals surface area contributed by atoms with E-state index in [1.54, 1.807) is 0 Å². The summed E-state index contributed by atoms with van der Waals surface area (Å²) in [6.45, 7) is 11.7. The van der Waals surface area contributed by atoms with Crippen LogP contribution in [0, 0.1) is 5.41 Å². The first-order valence-corrected chi connectivity index (χ1v) is 7.43. The number of halogens is 1. The van der Waals surface area contributed by atoms with Crippen LogP contribution in [0.4, 0.5) is 0 Å². The maximum Gasteiger partial charge on any atom is 0.191 e. The molecule has 1 saturated heterocycles. The normalized spacial score (nSPS) is 23.4. The molecule has 0 spiro atoms. The fraction of sp³-hybridized carbons (Fsp3) is 0.933. The van der Waals surface area contributed by atoms with Crippen LogP contribution in [0.5, 0.6) is 0 Å². The van der Waals surface area contributed by atoms with Gasteiger partial charge >= 0.3 is 0 Å². The predicted octanol–water partition coefficient (Wildman–Crippen LogP) is 3.16. The Morgan fingerprint density at radius 3 is 2.50 bits per heavy atom. The lowest BCUT2D eigenvalue weighted by atomic mass is 9.91. The molecule has 0 radical (unpaired) electrons. The number of aliphatic imine (C=N–C) groups is 1. The van der Waals surface area contributed by atoms with Crippen molar-refractivity contribution >= 4 is 29.9 Å². The summed E-state index contributed by atoms with van der Waals surface area (Å²) in [6, 6.07) is 0. The second-order valence-electron chi connectivity index (χ2n) is 6.92. The van der Waals surface area contributed by atoms with E-state index in [4.69, 9.17) is 4.74 Å². The van der Waals surface area contributed by atoms with Gasteiger partial charge in [0.05, 0.1) is 5.60 Å². The summed E-state index contributed by atoms with van der Waals surface area (Å²) in [5, 5.41) is 6.73. The number of hydrogen-bond donors (Lipinski definition) is 2. The molecule has 0 aromatic carbocycles. The van der Waals surface area contributed by atoms with E-state index in [9.17, 15) is 0 Å². The third kappa shape index (κ3) is 8.29. The lowest BCUT2D eigenvalue weighted by Gasteiger charge is -2.25. The number of rotatable bonds is 5. The first kappa shape index (κ1) is 20.0. The molecule has 0 aromatic rings. The Hall–Kier alpha value is -0.0400. The van der Waals surface area contributed by atoms with Crippen LogP contribution in [0.15, 0.2) is 4.99 Å². The molecule has 0 aliphatic carbocycles. The Labute approximate surface area is 141 Å². The Balaban J connectivity index is 0.00000361. The summed E-state index contributed by atoms with van der Waals surface area (Å²) < 4.78 is 5.76. The molecule has 1 fully saturated rings. The zero-order valence-electron chi connectivity index (χ0n) is 13.7. The smallest absolute Gasteiger partial charge is 0.191 e. The van der Waals surface area contributed by atoms with Crippen molar-refractivity contribution < 1.29 is 4.74 Å². The molecular formula is C15H32IN3O. The van der Waals surface area contributed by atoms with Crippen LogP contribution < -0.4 is 10.6 Å². The van der Waals surface area contributed by atoms with Crippen molar-refractivity contribution in [3.05, 3.63) is 0 Å². The highest BCUT2D eigenvalue weighted by atomic mass is 127. The summed E-state index contributed by atoms with van der Waals surface area (Å²) in [5.74, 6) is 0.880. The highest BCUT2D eigenvalue weighted by Crippen LogP contribution is 2.23. The van der Waals surface area contributed by atoms with Gasteiger partial charge < -0.3 is 15.4 Å². The number of nitrogens with zero attached hydrogens (tertiary/aromatic N) is 1. The average molecular weight is 397 g/mol. The molecule has 0 aromatic heterocycles. The van der Waals surface area contributed by atoms with Crippen LogP contribution in [0.25, 0.3) is 0 Å². The van der Waals surface area contributed by atoms with Gasteiger partial charge in [-0.15, -0.1) is 24.0 Å². The van der Waals surface area contributed by atoms with Gasteiger partial charge in [-0.3, -0.25) is 4.99 Å². The van der Waals surface area contributed by atoms with Crippen molar-refractivity contribution in [1.82, 2.24) is 10.6 Å². The Morgan fingerprint density at radius 1 is 1.30 bits per heavy atom. The monoisotopic (exact) mass is 397 g/mol. The third-order valence-corrected chi connectivity index (χ3v) is 3.55. The van der Waals surface area contributed by atoms with E-state index in [1.165, 1.54) is 6.42 Å². The molecule has 1 aliphatic heterocycles. The zero-order chi connectivity index (χ0) is 14.4. The molecule has 1 aliphatic rings. The maximum absolute atomic E-state index is 5.76. The van der Waals surface area contributed by atoms with Gasteiger partial charge in [-0.25, -0.2) is 0 Å². The molecule has 20 heavy (non-hydrogen) atoms. The molecule has 1 heterocycles. The van der Waals surface area contributed by atoms with Gasteiger partial charge in [0.15, 0.2) is 5.96 Å². The third-order valence-electron chi connectivity index (χ3n) is 3.55. The fourth-order valence-corrected chi connectivity index (χ4v) is 2.29. The summed E-state index contributed by atoms with van der Waals surface area (Å²) in [4.78, 5) is 4.25. The molecule has 5 heteroatoms. The van der Waals surface area contributed by atoms with Crippen LogP contribution in [0.2, 0.25) is 0 Å². The van der Waals surface area contributed by atoms with Crippen molar-refractivity contribution in [3.8, 4) is 0 Å². The van der Waals surface area contributed by atoms with E-state index >= 15 is 0 Å². The minimum absolute atomic E-state index is 0. The van der Waals surface area contributed by atoms with E-state index in [-0.39, 0.29) is 29.6 Å². The van der Waals surface area contributed by atoms with Crippen molar-refractivity contribution in [2.45, 2.75) is 59.0 Å². The van der Waals surface area contributed by atoms with Crippen LogP contribution in [0.3, 0.4) is 0 Å². The van der Waals surface area contributed by atoms with Crippen LogP contribution in [0.1, 0.15) is 53.4 Å². The average Bonchev–Trinajstić information content (AvgIpc) is 2.74. The SMILES string of the molecule is CN=C(NCCCC(C)(C)C)NCC1(C)CCCO1.I. The Kier molecular flexibility index (Phi) is 9.06. The van der Waals surface area contributed by atoms with Gasteiger partial charge in [-0.2, -0.15) is 0 Å². The number of nitrogens with one attached hydrogen (secondary N) is 2. The maximum atomic E-state index is 5.76. The molecule has 2 N–H and O–H groups in total. The molecule has 4 nitrogen and oxygen atoms in total. The lowest BCUT2D eigenvalue weighted by molar-refractivity contribution is 0.0243. The number of ether oxygens (including phenoxy) is 1. The van der Waals surface area contributed by atoms with Gasteiger partial charge in [-0.05, 0) is 38.0 Å². The summed E-state index contributed by atoms with van der Waals surface area (Å²) in [5.41, 5.74) is 0.382. The van der Waals surface area contributed by atoms with Crippen molar-refractivity contribution in [3.63, 3.8) is 0 Å². The van der Waals surface area contributed by atoms with Crippen molar-refractivity contribution in [1.29, 1.82) is 0 Å². The van der Waals surface area contributed by atoms with E-state index in [0.717, 1.165) is 44.9 Å². The second kappa shape index (κ2) is 9.07. The van der Waals surface area contributed by atoms with Crippen LogP contribution in [-0.4, -0.2) is 38.3 Å². The minimum atomic E-state index is -0.0248. The first-order chi connectivity index (χ1) is 8.85. The van der Waals surface area contributed by atoms with E-state index in [1.807, 2.05) is 7.05 Å². The number of hydrogen-bond acceptors (Lipinski definition) is 2. The van der Waals surface area contributed by atoms with E-state index in [2.05, 4.69) is 43.3 Å². The van der Waals surface area contributed by atoms with Gasteiger partial charge in [-0.1, -0.05) is 20.8 Å². The summed E-state index contributed by atoms with van der Waals surface area (Å²) in [7, 11) is 1.82. The van der Waals surface area contributed by atoms with E-state index in [0.29, 0.717) is 5.41 Å². The number of guanidine groups is 1. The van der Waals surface area contributed by atoms with Gasteiger partial charge in [0.25, 0.3) is 0 Å². The van der Waals surface area contributed by atoms with Crippen LogP contribution in [-0.2, 0) is 4.74 Å². The van der Waals surface area contributed by atoms with Gasteiger partial charge in [0, 0.05) is 26.7 Å². The molecule has 0 saturated carbocycles. The van der Waals surface area contributed by atoms with Crippen molar-refractivity contribution in [2.75, 3.05) is 26.7 Å². The molecule has 1 rings (SSSR count). The second-order valence-corrected chi connectivity index (χ2v) is 6.92. The van der Waals surface area contributed by atoms with Gasteiger partial charge in [0.1, 0.15) is 0 Å².